The van der Waals surface area contributed by atoms with Gasteiger partial charge in [-0.15, -0.1) is 0 Å². The normalized spacial score (nSPS) is 12.8. The van der Waals surface area contributed by atoms with Crippen molar-refractivity contribution in [2.24, 2.45) is 0 Å². The molecule has 1 N–H and O–H groups in total. The van der Waals surface area contributed by atoms with E-state index in [-0.39, 0.29) is 37.4 Å². The fourth-order valence-electron chi connectivity index (χ4n) is 4.83. The summed E-state index contributed by atoms with van der Waals surface area (Å²) in [5.41, 5.74) is 4.41. The van der Waals surface area contributed by atoms with Crippen LogP contribution in [-0.2, 0) is 32.6 Å². The van der Waals surface area contributed by atoms with Gasteiger partial charge in [-0.25, -0.2) is 8.42 Å². The standard InChI is InChI=1S/C33H43N3O4S/c1-6-27(4)34-33(38)31(23-28-16-8-7-9-17-28)35(24-29-18-12-14-25(2)22-29)32(37)20-13-21-36(41(5,39)40)30-19-11-10-15-26(30)3/h7-12,14-19,22,27,31H,6,13,20-21,23-24H2,1-5H3,(H,34,38). The predicted molar refractivity (Wildman–Crippen MR) is 166 cm³/mol. The van der Waals surface area contributed by atoms with Gasteiger partial charge in [-0.3, -0.25) is 13.9 Å². The summed E-state index contributed by atoms with van der Waals surface area (Å²) in [6.07, 6.45) is 2.75. The van der Waals surface area contributed by atoms with Crippen LogP contribution in [-0.4, -0.2) is 50.0 Å². The minimum absolute atomic E-state index is 0.0332. The molecule has 2 unspecified atom stereocenters. The SMILES string of the molecule is CCC(C)NC(=O)C(Cc1ccccc1)N(Cc1cccc(C)c1)C(=O)CCCN(c1ccccc1C)S(C)(=O)=O. The summed E-state index contributed by atoms with van der Waals surface area (Å²) in [5.74, 6) is -0.383. The molecule has 2 amide bonds. The van der Waals surface area contributed by atoms with Crippen LogP contribution in [0.2, 0.25) is 0 Å². The van der Waals surface area contributed by atoms with Gasteiger partial charge in [-0.05, 0) is 56.4 Å². The number of nitrogens with one attached hydrogen (secondary N) is 1. The van der Waals surface area contributed by atoms with E-state index in [0.717, 1.165) is 28.7 Å². The summed E-state index contributed by atoms with van der Waals surface area (Å²) in [6, 6.07) is 24.2. The summed E-state index contributed by atoms with van der Waals surface area (Å²) < 4.78 is 26.7. The molecule has 0 heterocycles. The van der Waals surface area contributed by atoms with Gasteiger partial charge in [0.25, 0.3) is 0 Å². The van der Waals surface area contributed by atoms with Crippen molar-refractivity contribution in [3.63, 3.8) is 0 Å². The minimum Gasteiger partial charge on any atom is -0.352 e. The van der Waals surface area contributed by atoms with Gasteiger partial charge >= 0.3 is 0 Å². The van der Waals surface area contributed by atoms with E-state index in [1.165, 1.54) is 10.6 Å². The van der Waals surface area contributed by atoms with Gasteiger partial charge in [0.2, 0.25) is 21.8 Å². The van der Waals surface area contributed by atoms with Crippen LogP contribution in [0, 0.1) is 13.8 Å². The summed E-state index contributed by atoms with van der Waals surface area (Å²) in [4.78, 5) is 29.3. The van der Waals surface area contributed by atoms with E-state index in [2.05, 4.69) is 5.32 Å². The van der Waals surface area contributed by atoms with Gasteiger partial charge in [0.15, 0.2) is 0 Å². The number of carbonyl (C=O) groups excluding carboxylic acids is 2. The summed E-state index contributed by atoms with van der Waals surface area (Å²) in [6.45, 7) is 8.27. The number of aryl methyl sites for hydroxylation is 2. The fraction of sp³-hybridized carbons (Fsp3) is 0.394. The number of amides is 2. The van der Waals surface area contributed by atoms with Crippen molar-refractivity contribution in [1.29, 1.82) is 0 Å². The van der Waals surface area contributed by atoms with E-state index in [1.807, 2.05) is 94.4 Å². The van der Waals surface area contributed by atoms with Gasteiger partial charge < -0.3 is 10.2 Å². The maximum atomic E-state index is 13.9. The largest absolute Gasteiger partial charge is 0.352 e. The third kappa shape index (κ3) is 9.46. The summed E-state index contributed by atoms with van der Waals surface area (Å²) in [5, 5.41) is 3.08. The molecule has 0 aliphatic carbocycles. The number of hydrogen-bond acceptors (Lipinski definition) is 4. The second-order valence-electron chi connectivity index (χ2n) is 10.8. The Kier molecular flexibility index (Phi) is 11.5. The predicted octanol–water partition coefficient (Wildman–Crippen LogP) is 5.40. The van der Waals surface area contributed by atoms with Gasteiger partial charge in [-0.2, -0.15) is 0 Å². The average Bonchev–Trinajstić information content (AvgIpc) is 2.93. The Balaban J connectivity index is 1.90. The highest BCUT2D eigenvalue weighted by Gasteiger charge is 2.31. The van der Waals surface area contributed by atoms with E-state index in [0.29, 0.717) is 18.5 Å². The highest BCUT2D eigenvalue weighted by molar-refractivity contribution is 7.92. The molecule has 3 aromatic carbocycles. The zero-order valence-electron chi connectivity index (χ0n) is 24.8. The number of nitrogens with zero attached hydrogens (tertiary/aromatic N) is 2. The summed E-state index contributed by atoms with van der Waals surface area (Å²) in [7, 11) is -3.55. The Morgan fingerprint density at radius 2 is 1.56 bits per heavy atom. The van der Waals surface area contributed by atoms with Crippen LogP contribution in [0.4, 0.5) is 5.69 Å². The Bertz CT molecular complexity index is 1410. The van der Waals surface area contributed by atoms with Crippen LogP contribution >= 0.6 is 0 Å². The molecule has 3 aromatic rings. The van der Waals surface area contributed by atoms with Gasteiger partial charge in [0.05, 0.1) is 11.9 Å². The lowest BCUT2D eigenvalue weighted by Crippen LogP contribution is -2.52. The summed E-state index contributed by atoms with van der Waals surface area (Å²) >= 11 is 0. The second-order valence-corrected chi connectivity index (χ2v) is 12.7. The molecule has 0 spiro atoms. The maximum Gasteiger partial charge on any atom is 0.243 e. The number of benzene rings is 3. The van der Waals surface area contributed by atoms with Crippen LogP contribution in [0.3, 0.4) is 0 Å². The van der Waals surface area contributed by atoms with E-state index in [9.17, 15) is 18.0 Å². The second kappa shape index (κ2) is 14.8. The molecule has 41 heavy (non-hydrogen) atoms. The van der Waals surface area contributed by atoms with Gasteiger partial charge in [0, 0.05) is 32.0 Å². The van der Waals surface area contributed by atoms with Crippen molar-refractivity contribution in [2.75, 3.05) is 17.1 Å². The molecule has 0 fully saturated rings. The van der Waals surface area contributed by atoms with Crippen LogP contribution < -0.4 is 9.62 Å². The van der Waals surface area contributed by atoms with E-state index < -0.39 is 16.1 Å². The highest BCUT2D eigenvalue weighted by atomic mass is 32.2. The Morgan fingerprint density at radius 3 is 2.20 bits per heavy atom. The van der Waals surface area contributed by atoms with Crippen molar-refractivity contribution in [1.82, 2.24) is 10.2 Å². The quantitative estimate of drug-likeness (QED) is 0.278. The van der Waals surface area contributed by atoms with Gasteiger partial charge in [-0.1, -0.05) is 85.3 Å². The van der Waals surface area contributed by atoms with E-state index >= 15 is 0 Å². The van der Waals surface area contributed by atoms with E-state index in [4.69, 9.17) is 0 Å². The van der Waals surface area contributed by atoms with E-state index in [1.54, 1.807) is 17.0 Å². The molecule has 8 heteroatoms. The first kappa shape index (κ1) is 31.9. The molecule has 3 rings (SSSR count). The lowest BCUT2D eigenvalue weighted by molar-refractivity contribution is -0.141. The molecule has 0 bridgehead atoms. The molecule has 220 valence electrons. The highest BCUT2D eigenvalue weighted by Crippen LogP contribution is 2.23. The molecule has 0 radical (unpaired) electrons. The average molecular weight is 578 g/mol. The van der Waals surface area contributed by atoms with Crippen LogP contribution in [0.5, 0.6) is 0 Å². The first-order chi connectivity index (χ1) is 19.5. The molecule has 0 aliphatic heterocycles. The first-order valence-electron chi connectivity index (χ1n) is 14.2. The number of rotatable bonds is 14. The smallest absolute Gasteiger partial charge is 0.243 e. The van der Waals surface area contributed by atoms with Crippen molar-refractivity contribution in [2.45, 2.75) is 72.0 Å². The molecule has 0 saturated carbocycles. The lowest BCUT2D eigenvalue weighted by Gasteiger charge is -2.33. The molecule has 2 atom stereocenters. The van der Waals surface area contributed by atoms with Crippen LogP contribution in [0.15, 0.2) is 78.9 Å². The molecule has 0 saturated heterocycles. The Labute approximate surface area is 245 Å². The van der Waals surface area contributed by atoms with Crippen LogP contribution in [0.25, 0.3) is 0 Å². The molecular formula is C33H43N3O4S. The van der Waals surface area contributed by atoms with Gasteiger partial charge in [0.1, 0.15) is 6.04 Å². The number of anilines is 1. The third-order valence-electron chi connectivity index (χ3n) is 7.24. The van der Waals surface area contributed by atoms with Crippen molar-refractivity contribution >= 4 is 27.5 Å². The molecular weight excluding hydrogens is 534 g/mol. The molecule has 0 aromatic heterocycles. The van der Waals surface area contributed by atoms with Crippen molar-refractivity contribution in [3.05, 3.63) is 101 Å². The lowest BCUT2D eigenvalue weighted by atomic mass is 10.0. The van der Waals surface area contributed by atoms with Crippen LogP contribution in [0.1, 0.15) is 55.4 Å². The topological polar surface area (TPSA) is 86.8 Å². The number of carbonyl (C=O) groups is 2. The minimum atomic E-state index is -3.55. The Hall–Kier alpha value is -3.65. The maximum absolute atomic E-state index is 13.9. The first-order valence-corrected chi connectivity index (χ1v) is 16.1. The monoisotopic (exact) mass is 577 g/mol. The zero-order valence-corrected chi connectivity index (χ0v) is 25.7. The number of sulfonamides is 1. The Morgan fingerprint density at radius 1 is 0.902 bits per heavy atom. The molecule has 7 nitrogen and oxygen atoms in total. The number of hydrogen-bond donors (Lipinski definition) is 1. The van der Waals surface area contributed by atoms with Crippen molar-refractivity contribution in [3.8, 4) is 0 Å². The van der Waals surface area contributed by atoms with Crippen molar-refractivity contribution < 1.29 is 18.0 Å². The zero-order chi connectivity index (χ0) is 30.0. The molecule has 0 aliphatic rings. The fourth-order valence-corrected chi connectivity index (χ4v) is 5.85. The third-order valence-corrected chi connectivity index (χ3v) is 8.42. The number of para-hydroxylation sites is 1.